The maximum absolute atomic E-state index is 13.4. The Bertz CT molecular complexity index is 619. The van der Waals surface area contributed by atoms with Crippen LogP contribution in [0.1, 0.15) is 15.9 Å². The molecule has 0 amide bonds. The van der Waals surface area contributed by atoms with Gasteiger partial charge in [0, 0.05) is 5.56 Å². The lowest BCUT2D eigenvalue weighted by Gasteiger charge is -2.11. The van der Waals surface area contributed by atoms with Crippen molar-refractivity contribution in [2.75, 3.05) is 5.75 Å². The number of carbonyl (C=O) groups is 1. The second kappa shape index (κ2) is 4.80. The molecule has 106 valence electrons. The van der Waals surface area contributed by atoms with Gasteiger partial charge < -0.3 is 5.11 Å². The molecule has 1 rings (SSSR count). The van der Waals surface area contributed by atoms with E-state index in [4.69, 9.17) is 5.11 Å². The van der Waals surface area contributed by atoms with Crippen LogP contribution < -0.4 is 0 Å². The van der Waals surface area contributed by atoms with Gasteiger partial charge in [-0.05, 0) is 19.1 Å². The quantitative estimate of drug-likeness (QED) is 0.868. The van der Waals surface area contributed by atoms with Crippen LogP contribution in [0.4, 0.5) is 17.6 Å². The number of sulfone groups is 1. The number of carboxylic acid groups (broad SMARTS) is 1. The third-order valence-electron chi connectivity index (χ3n) is 2.23. The lowest BCUT2D eigenvalue weighted by molar-refractivity contribution is -0.106. The second-order valence-corrected chi connectivity index (χ2v) is 5.72. The molecule has 9 heteroatoms. The fourth-order valence-corrected chi connectivity index (χ4v) is 2.85. The fraction of sp³-hybridized carbons (Fsp3) is 0.300. The molecular weight excluding hydrogens is 292 g/mol. The van der Waals surface area contributed by atoms with E-state index in [1.807, 2.05) is 0 Å². The number of benzene rings is 1. The minimum absolute atomic E-state index is 0.516. The van der Waals surface area contributed by atoms with E-state index in [1.165, 1.54) is 0 Å². The maximum Gasteiger partial charge on any atom is 0.403 e. The van der Waals surface area contributed by atoms with E-state index in [9.17, 15) is 30.8 Å². The molecule has 0 spiro atoms. The molecular formula is C10H8F4O4S. The lowest BCUT2D eigenvalue weighted by Crippen LogP contribution is -2.24. The van der Waals surface area contributed by atoms with Gasteiger partial charge in [-0.15, -0.1) is 0 Å². The topological polar surface area (TPSA) is 71.4 Å². The van der Waals surface area contributed by atoms with Gasteiger partial charge in [-0.2, -0.15) is 13.2 Å². The van der Waals surface area contributed by atoms with Gasteiger partial charge >= 0.3 is 12.1 Å². The summed E-state index contributed by atoms with van der Waals surface area (Å²) in [5, 5.41) is 8.64. The molecule has 4 nitrogen and oxygen atoms in total. The van der Waals surface area contributed by atoms with Gasteiger partial charge in [-0.25, -0.2) is 17.6 Å². The summed E-state index contributed by atoms with van der Waals surface area (Å²) in [5.41, 5.74) is -1.28. The SMILES string of the molecule is Cc1c(F)cc(C(=O)O)cc1S(=O)(=O)CC(F)(F)F. The van der Waals surface area contributed by atoms with E-state index in [0.717, 1.165) is 6.92 Å². The van der Waals surface area contributed by atoms with Gasteiger partial charge in [-0.3, -0.25) is 0 Å². The van der Waals surface area contributed by atoms with Crippen molar-refractivity contribution in [1.82, 2.24) is 0 Å². The summed E-state index contributed by atoms with van der Waals surface area (Å²) < 4.78 is 72.8. The summed E-state index contributed by atoms with van der Waals surface area (Å²) in [6, 6.07) is 1.06. The summed E-state index contributed by atoms with van der Waals surface area (Å²) in [6.07, 6.45) is -5.00. The summed E-state index contributed by atoms with van der Waals surface area (Å²) in [6.45, 7) is 0.963. The summed E-state index contributed by atoms with van der Waals surface area (Å²) in [7, 11) is -4.86. The Morgan fingerprint density at radius 3 is 2.26 bits per heavy atom. The molecule has 0 unspecified atom stereocenters. The number of hydrogen-bond donors (Lipinski definition) is 1. The molecule has 1 aromatic rings. The number of carboxylic acids is 1. The normalized spacial score (nSPS) is 12.5. The predicted molar refractivity (Wildman–Crippen MR) is 56.2 cm³/mol. The highest BCUT2D eigenvalue weighted by Gasteiger charge is 2.37. The summed E-state index contributed by atoms with van der Waals surface area (Å²) >= 11 is 0. The molecule has 0 aromatic heterocycles. The molecule has 0 aliphatic carbocycles. The first kappa shape index (κ1) is 15.4. The van der Waals surface area contributed by atoms with E-state index < -0.39 is 49.6 Å². The molecule has 0 radical (unpaired) electrons. The average molecular weight is 300 g/mol. The van der Waals surface area contributed by atoms with Gasteiger partial charge in [0.15, 0.2) is 15.6 Å². The van der Waals surface area contributed by atoms with Crippen molar-refractivity contribution in [2.24, 2.45) is 0 Å². The molecule has 0 atom stereocenters. The number of aromatic carboxylic acids is 1. The molecule has 0 saturated carbocycles. The second-order valence-electron chi connectivity index (χ2n) is 3.76. The van der Waals surface area contributed by atoms with Crippen LogP contribution in [0.2, 0.25) is 0 Å². The first-order valence-electron chi connectivity index (χ1n) is 4.77. The van der Waals surface area contributed by atoms with Crippen LogP contribution >= 0.6 is 0 Å². The lowest BCUT2D eigenvalue weighted by atomic mass is 10.1. The molecule has 1 N–H and O–H groups in total. The summed E-state index contributed by atoms with van der Waals surface area (Å²) in [5.74, 6) is -5.01. The van der Waals surface area contributed by atoms with E-state index in [-0.39, 0.29) is 0 Å². The van der Waals surface area contributed by atoms with Crippen LogP contribution in [0.5, 0.6) is 0 Å². The predicted octanol–water partition coefficient (Wildman–Crippen LogP) is 2.17. The van der Waals surface area contributed by atoms with Gasteiger partial charge in [0.1, 0.15) is 5.82 Å². The van der Waals surface area contributed by atoms with Crippen LogP contribution in [-0.4, -0.2) is 31.4 Å². The Morgan fingerprint density at radius 1 is 1.32 bits per heavy atom. The van der Waals surface area contributed by atoms with Gasteiger partial charge in [0.25, 0.3) is 0 Å². The first-order chi connectivity index (χ1) is 8.44. The molecule has 0 fully saturated rings. The van der Waals surface area contributed by atoms with Crippen molar-refractivity contribution < 1.29 is 35.9 Å². The number of halogens is 4. The monoisotopic (exact) mass is 300 g/mol. The van der Waals surface area contributed by atoms with Crippen molar-refractivity contribution in [2.45, 2.75) is 18.0 Å². The maximum atomic E-state index is 13.4. The van der Waals surface area contributed by atoms with Crippen molar-refractivity contribution in [3.8, 4) is 0 Å². The smallest absolute Gasteiger partial charge is 0.403 e. The third-order valence-corrected chi connectivity index (χ3v) is 4.03. The van der Waals surface area contributed by atoms with Crippen molar-refractivity contribution in [1.29, 1.82) is 0 Å². The minimum Gasteiger partial charge on any atom is -0.478 e. The number of hydrogen-bond acceptors (Lipinski definition) is 3. The first-order valence-corrected chi connectivity index (χ1v) is 6.42. The minimum atomic E-state index is -5.00. The number of rotatable bonds is 3. The fourth-order valence-electron chi connectivity index (χ4n) is 1.39. The Labute approximate surface area is 105 Å². The zero-order valence-electron chi connectivity index (χ0n) is 9.45. The van der Waals surface area contributed by atoms with Gasteiger partial charge in [-0.1, -0.05) is 0 Å². The largest absolute Gasteiger partial charge is 0.478 e. The third kappa shape index (κ3) is 3.66. The van der Waals surface area contributed by atoms with Gasteiger partial charge in [0.2, 0.25) is 0 Å². The standard InChI is InChI=1S/C10H8F4O4S/c1-5-7(11)2-6(9(15)16)3-8(5)19(17,18)4-10(12,13)14/h2-3H,4H2,1H3,(H,15,16). The van der Waals surface area contributed by atoms with Crippen LogP contribution in [0.15, 0.2) is 17.0 Å². The van der Waals surface area contributed by atoms with Crippen LogP contribution in [0.3, 0.4) is 0 Å². The zero-order chi connectivity index (χ0) is 15.0. The molecule has 0 aliphatic heterocycles. The molecule has 1 aromatic carbocycles. The Morgan fingerprint density at radius 2 is 1.84 bits per heavy atom. The van der Waals surface area contributed by atoms with Crippen molar-refractivity contribution in [3.63, 3.8) is 0 Å². The molecule has 19 heavy (non-hydrogen) atoms. The van der Waals surface area contributed by atoms with Crippen LogP contribution in [-0.2, 0) is 9.84 Å². The Hall–Kier alpha value is -1.64. The van der Waals surface area contributed by atoms with Crippen LogP contribution in [0, 0.1) is 12.7 Å². The Kier molecular flexibility index (Phi) is 3.89. The summed E-state index contributed by atoms with van der Waals surface area (Å²) in [4.78, 5) is 9.67. The van der Waals surface area contributed by atoms with Crippen LogP contribution in [0.25, 0.3) is 0 Å². The average Bonchev–Trinajstić information content (AvgIpc) is 2.17. The van der Waals surface area contributed by atoms with Crippen molar-refractivity contribution in [3.05, 3.63) is 29.1 Å². The highest BCUT2D eigenvalue weighted by Crippen LogP contribution is 2.26. The van der Waals surface area contributed by atoms with E-state index in [1.54, 1.807) is 0 Å². The van der Waals surface area contributed by atoms with Crippen molar-refractivity contribution >= 4 is 15.8 Å². The molecule has 0 heterocycles. The number of alkyl halides is 3. The van der Waals surface area contributed by atoms with E-state index >= 15 is 0 Å². The Balaban J connectivity index is 3.46. The highest BCUT2D eigenvalue weighted by molar-refractivity contribution is 7.91. The molecule has 0 bridgehead atoms. The molecule has 0 aliphatic rings. The highest BCUT2D eigenvalue weighted by atomic mass is 32.2. The van der Waals surface area contributed by atoms with E-state index in [0.29, 0.717) is 12.1 Å². The molecule has 0 saturated heterocycles. The van der Waals surface area contributed by atoms with E-state index in [2.05, 4.69) is 0 Å². The zero-order valence-corrected chi connectivity index (χ0v) is 10.3. The van der Waals surface area contributed by atoms with Gasteiger partial charge in [0.05, 0.1) is 10.5 Å².